The van der Waals surface area contributed by atoms with E-state index in [4.69, 9.17) is 5.73 Å². The van der Waals surface area contributed by atoms with Crippen molar-refractivity contribution in [1.29, 1.82) is 0 Å². The molecule has 0 spiro atoms. The van der Waals surface area contributed by atoms with Gasteiger partial charge in [0.1, 0.15) is 0 Å². The maximum atomic E-state index is 6.02. The first-order chi connectivity index (χ1) is 5.03. The fourth-order valence-electron chi connectivity index (χ4n) is 3.19. The summed E-state index contributed by atoms with van der Waals surface area (Å²) in [7, 11) is 0. The molecule has 0 radical (unpaired) electrons. The zero-order valence-electron chi connectivity index (χ0n) is 7.80. The van der Waals surface area contributed by atoms with Crippen LogP contribution >= 0.6 is 0 Å². The van der Waals surface area contributed by atoms with Crippen molar-refractivity contribution in [2.45, 2.75) is 39.7 Å². The Bertz CT molecular complexity index is 174. The van der Waals surface area contributed by atoms with Gasteiger partial charge in [-0.05, 0) is 36.0 Å². The van der Waals surface area contributed by atoms with E-state index in [1.165, 1.54) is 12.8 Å². The van der Waals surface area contributed by atoms with Crippen LogP contribution in [0.5, 0.6) is 0 Å². The van der Waals surface area contributed by atoms with E-state index in [0.717, 1.165) is 17.8 Å². The van der Waals surface area contributed by atoms with Crippen LogP contribution in [0.3, 0.4) is 0 Å². The van der Waals surface area contributed by atoms with Gasteiger partial charge < -0.3 is 5.73 Å². The summed E-state index contributed by atoms with van der Waals surface area (Å²) in [4.78, 5) is 0. The molecular formula is C10H19N. The molecule has 3 aliphatic carbocycles. The number of rotatable bonds is 0. The highest BCUT2D eigenvalue weighted by atomic mass is 14.7. The molecule has 4 atom stereocenters. The molecule has 2 bridgehead atoms. The average Bonchev–Trinajstić information content (AvgIpc) is 1.93. The fraction of sp³-hybridized carbons (Fsp3) is 1.00. The minimum Gasteiger partial charge on any atom is -0.327 e. The standard InChI is InChI=1S/C10H19N/c1-6-8-4-7(5-9(6)11)10(8,2)3/h6-9H,4-5,11H2,1-3H3. The Balaban J connectivity index is 2.17. The maximum absolute atomic E-state index is 6.02. The second kappa shape index (κ2) is 2.01. The van der Waals surface area contributed by atoms with E-state index in [1.54, 1.807) is 0 Å². The minimum atomic E-state index is 0.492. The molecule has 2 N–H and O–H groups in total. The topological polar surface area (TPSA) is 26.0 Å². The van der Waals surface area contributed by atoms with Crippen LogP contribution in [0, 0.1) is 23.2 Å². The first-order valence-corrected chi connectivity index (χ1v) is 4.79. The SMILES string of the molecule is CC1C(N)CC2CC1C2(C)C. The lowest BCUT2D eigenvalue weighted by molar-refractivity contribution is -0.108. The first-order valence-electron chi connectivity index (χ1n) is 4.79. The van der Waals surface area contributed by atoms with Crippen LogP contribution < -0.4 is 5.73 Å². The highest BCUT2D eigenvalue weighted by molar-refractivity contribution is 5.06. The number of fused-ring (bicyclic) bond motifs is 2. The molecular weight excluding hydrogens is 134 g/mol. The molecule has 11 heavy (non-hydrogen) atoms. The predicted molar refractivity (Wildman–Crippen MR) is 47.1 cm³/mol. The van der Waals surface area contributed by atoms with Crippen molar-refractivity contribution < 1.29 is 0 Å². The van der Waals surface area contributed by atoms with Gasteiger partial charge in [-0.3, -0.25) is 0 Å². The largest absolute Gasteiger partial charge is 0.327 e. The van der Waals surface area contributed by atoms with Gasteiger partial charge in [-0.2, -0.15) is 0 Å². The summed E-state index contributed by atoms with van der Waals surface area (Å²) in [6.45, 7) is 7.15. The average molecular weight is 153 g/mol. The van der Waals surface area contributed by atoms with Crippen LogP contribution in [0.2, 0.25) is 0 Å². The van der Waals surface area contributed by atoms with Gasteiger partial charge in [0.15, 0.2) is 0 Å². The van der Waals surface area contributed by atoms with E-state index in [-0.39, 0.29) is 0 Å². The summed E-state index contributed by atoms with van der Waals surface area (Å²) in [5.74, 6) is 2.60. The van der Waals surface area contributed by atoms with E-state index in [2.05, 4.69) is 20.8 Å². The molecule has 4 unspecified atom stereocenters. The fourth-order valence-corrected chi connectivity index (χ4v) is 3.19. The summed E-state index contributed by atoms with van der Waals surface area (Å²) in [6, 6.07) is 0.492. The van der Waals surface area contributed by atoms with Crippen molar-refractivity contribution in [2.24, 2.45) is 28.9 Å². The lowest BCUT2D eigenvalue weighted by atomic mass is 9.45. The third kappa shape index (κ3) is 0.807. The van der Waals surface area contributed by atoms with Crippen molar-refractivity contribution in [3.05, 3.63) is 0 Å². The molecule has 1 nitrogen and oxygen atoms in total. The van der Waals surface area contributed by atoms with E-state index < -0.39 is 0 Å². The van der Waals surface area contributed by atoms with E-state index in [9.17, 15) is 0 Å². The molecule has 1 heteroatoms. The van der Waals surface area contributed by atoms with E-state index >= 15 is 0 Å². The summed E-state index contributed by atoms with van der Waals surface area (Å²) >= 11 is 0. The first kappa shape index (κ1) is 7.60. The summed E-state index contributed by atoms with van der Waals surface area (Å²) in [5.41, 5.74) is 6.63. The van der Waals surface area contributed by atoms with E-state index in [1.807, 2.05) is 0 Å². The third-order valence-electron chi connectivity index (χ3n) is 4.41. The quantitative estimate of drug-likeness (QED) is 0.566. The van der Waals surface area contributed by atoms with Crippen LogP contribution in [0.15, 0.2) is 0 Å². The molecule has 3 saturated carbocycles. The van der Waals surface area contributed by atoms with Gasteiger partial charge in [-0.15, -0.1) is 0 Å². The van der Waals surface area contributed by atoms with Gasteiger partial charge >= 0.3 is 0 Å². The Morgan fingerprint density at radius 1 is 1.27 bits per heavy atom. The van der Waals surface area contributed by atoms with Gasteiger partial charge in [-0.1, -0.05) is 20.8 Å². The lowest BCUT2D eigenvalue weighted by Gasteiger charge is -2.61. The zero-order chi connectivity index (χ0) is 8.22. The molecule has 0 heterocycles. The van der Waals surface area contributed by atoms with E-state index in [0.29, 0.717) is 11.5 Å². The Hall–Kier alpha value is -0.0400. The Kier molecular flexibility index (Phi) is 1.39. The van der Waals surface area contributed by atoms with Gasteiger partial charge in [0.05, 0.1) is 0 Å². The predicted octanol–water partition coefficient (Wildman–Crippen LogP) is 2.02. The van der Waals surface area contributed by atoms with Gasteiger partial charge in [0.2, 0.25) is 0 Å². The zero-order valence-corrected chi connectivity index (χ0v) is 7.80. The molecule has 0 saturated heterocycles. The summed E-state index contributed by atoms with van der Waals surface area (Å²) in [5, 5.41) is 0. The number of nitrogens with two attached hydrogens (primary N) is 1. The molecule has 0 aliphatic heterocycles. The number of hydrogen-bond donors (Lipinski definition) is 1. The third-order valence-corrected chi connectivity index (χ3v) is 4.41. The maximum Gasteiger partial charge on any atom is 0.00702 e. The van der Waals surface area contributed by atoms with Crippen molar-refractivity contribution in [3.63, 3.8) is 0 Å². The van der Waals surface area contributed by atoms with Crippen molar-refractivity contribution in [3.8, 4) is 0 Å². The molecule has 0 aromatic carbocycles. The molecule has 64 valence electrons. The second-order valence-corrected chi connectivity index (χ2v) is 5.12. The van der Waals surface area contributed by atoms with Crippen LogP contribution in [0.1, 0.15) is 33.6 Å². The smallest absolute Gasteiger partial charge is 0.00702 e. The van der Waals surface area contributed by atoms with Gasteiger partial charge in [0, 0.05) is 6.04 Å². The molecule has 3 aliphatic rings. The molecule has 3 fully saturated rings. The van der Waals surface area contributed by atoms with Crippen LogP contribution in [0.25, 0.3) is 0 Å². The summed E-state index contributed by atoms with van der Waals surface area (Å²) in [6.07, 6.45) is 2.71. The Morgan fingerprint density at radius 3 is 2.27 bits per heavy atom. The molecule has 0 aromatic rings. The normalized spacial score (nSPS) is 53.5. The van der Waals surface area contributed by atoms with Crippen LogP contribution in [-0.2, 0) is 0 Å². The van der Waals surface area contributed by atoms with Crippen molar-refractivity contribution in [1.82, 2.24) is 0 Å². The van der Waals surface area contributed by atoms with Crippen molar-refractivity contribution >= 4 is 0 Å². The monoisotopic (exact) mass is 153 g/mol. The summed E-state index contributed by atoms with van der Waals surface area (Å²) < 4.78 is 0. The Labute approximate surface area is 69.4 Å². The molecule has 0 amide bonds. The number of hydrogen-bond acceptors (Lipinski definition) is 1. The Morgan fingerprint density at radius 2 is 1.91 bits per heavy atom. The lowest BCUT2D eigenvalue weighted by Crippen LogP contribution is -2.58. The molecule has 0 aromatic heterocycles. The minimum absolute atomic E-state index is 0.492. The van der Waals surface area contributed by atoms with Crippen LogP contribution in [0.4, 0.5) is 0 Å². The van der Waals surface area contributed by atoms with Crippen molar-refractivity contribution in [2.75, 3.05) is 0 Å². The highest BCUT2D eigenvalue weighted by Gasteiger charge is 2.55. The molecule has 3 rings (SSSR count). The highest BCUT2D eigenvalue weighted by Crippen LogP contribution is 2.60. The van der Waals surface area contributed by atoms with Gasteiger partial charge in [0.25, 0.3) is 0 Å². The van der Waals surface area contributed by atoms with Gasteiger partial charge in [-0.25, -0.2) is 0 Å². The van der Waals surface area contributed by atoms with Crippen LogP contribution in [-0.4, -0.2) is 6.04 Å². The second-order valence-electron chi connectivity index (χ2n) is 5.12.